The third-order valence-corrected chi connectivity index (χ3v) is 4.28. The van der Waals surface area contributed by atoms with Gasteiger partial charge >= 0.3 is 0 Å². The van der Waals surface area contributed by atoms with Crippen molar-refractivity contribution in [2.45, 2.75) is 33.1 Å². The van der Waals surface area contributed by atoms with Crippen molar-refractivity contribution in [3.05, 3.63) is 22.2 Å². The molecule has 0 spiro atoms. The van der Waals surface area contributed by atoms with Crippen LogP contribution >= 0.6 is 15.9 Å². The second-order valence-corrected chi connectivity index (χ2v) is 6.06. The number of nitrogens with two attached hydrogens (primary N) is 1. The molecule has 1 aliphatic rings. The highest BCUT2D eigenvalue weighted by atomic mass is 79.9. The van der Waals surface area contributed by atoms with Crippen LogP contribution in [0.3, 0.4) is 0 Å². The van der Waals surface area contributed by atoms with Crippen LogP contribution < -0.4 is 11.1 Å². The summed E-state index contributed by atoms with van der Waals surface area (Å²) in [5, 5.41) is 3.52. The molecule has 1 aromatic rings. The van der Waals surface area contributed by atoms with Gasteiger partial charge in [-0.25, -0.2) is 0 Å². The third kappa shape index (κ3) is 2.34. The fraction of sp³-hybridized carbons (Fsp3) is 0.538. The Kier molecular flexibility index (Phi) is 3.15. The molecule has 0 aromatic heterocycles. The molecule has 0 bridgehead atoms. The lowest BCUT2D eigenvalue weighted by atomic mass is 9.70. The maximum atomic E-state index is 5.85. The molecule has 0 amide bonds. The second kappa shape index (κ2) is 4.28. The quantitative estimate of drug-likeness (QED) is 0.824. The fourth-order valence-electron chi connectivity index (χ4n) is 2.10. The first kappa shape index (κ1) is 11.8. The van der Waals surface area contributed by atoms with Crippen molar-refractivity contribution in [3.63, 3.8) is 0 Å². The number of benzene rings is 1. The van der Waals surface area contributed by atoms with Gasteiger partial charge < -0.3 is 11.1 Å². The molecule has 0 unspecified atom stereocenters. The highest BCUT2D eigenvalue weighted by molar-refractivity contribution is 9.10. The van der Waals surface area contributed by atoms with Gasteiger partial charge in [-0.15, -0.1) is 0 Å². The lowest BCUT2D eigenvalue weighted by Gasteiger charge is -2.38. The number of halogens is 1. The van der Waals surface area contributed by atoms with Crippen LogP contribution in [0.2, 0.25) is 0 Å². The van der Waals surface area contributed by atoms with Crippen LogP contribution in [0.4, 0.5) is 11.4 Å². The molecular weight excluding hydrogens is 264 g/mol. The summed E-state index contributed by atoms with van der Waals surface area (Å²) in [6, 6.07) is 4.09. The van der Waals surface area contributed by atoms with Crippen molar-refractivity contribution in [2.75, 3.05) is 17.6 Å². The number of hydrogen-bond donors (Lipinski definition) is 2. The van der Waals surface area contributed by atoms with Gasteiger partial charge in [-0.2, -0.15) is 0 Å². The lowest BCUT2D eigenvalue weighted by Crippen LogP contribution is -2.33. The molecule has 2 rings (SSSR count). The molecule has 88 valence electrons. The van der Waals surface area contributed by atoms with Crippen LogP contribution in [0.5, 0.6) is 0 Å². The maximum absolute atomic E-state index is 5.85. The number of anilines is 2. The molecule has 0 heterocycles. The summed E-state index contributed by atoms with van der Waals surface area (Å²) in [5.74, 6) is 0. The zero-order chi connectivity index (χ0) is 11.8. The Morgan fingerprint density at radius 2 is 2.12 bits per heavy atom. The number of nitrogen functional groups attached to an aromatic ring is 1. The van der Waals surface area contributed by atoms with Crippen molar-refractivity contribution >= 4 is 27.3 Å². The van der Waals surface area contributed by atoms with Gasteiger partial charge in [-0.05, 0) is 58.8 Å². The van der Waals surface area contributed by atoms with E-state index in [1.165, 1.54) is 19.3 Å². The van der Waals surface area contributed by atoms with Gasteiger partial charge in [-0.1, -0.05) is 13.3 Å². The molecule has 0 saturated heterocycles. The molecule has 16 heavy (non-hydrogen) atoms. The molecular formula is C13H19BrN2. The molecule has 3 heteroatoms. The normalized spacial score (nSPS) is 17.9. The van der Waals surface area contributed by atoms with Gasteiger partial charge in [0.2, 0.25) is 0 Å². The summed E-state index contributed by atoms with van der Waals surface area (Å²) >= 11 is 3.55. The second-order valence-electron chi connectivity index (χ2n) is 5.21. The molecule has 1 aromatic carbocycles. The number of aryl methyl sites for hydroxylation is 1. The lowest BCUT2D eigenvalue weighted by molar-refractivity contribution is 0.180. The molecule has 3 N–H and O–H groups in total. The van der Waals surface area contributed by atoms with Crippen LogP contribution in [-0.4, -0.2) is 6.54 Å². The van der Waals surface area contributed by atoms with Crippen molar-refractivity contribution in [1.82, 2.24) is 0 Å². The van der Waals surface area contributed by atoms with Crippen molar-refractivity contribution < 1.29 is 0 Å². The first-order valence-electron chi connectivity index (χ1n) is 5.80. The zero-order valence-corrected chi connectivity index (χ0v) is 11.5. The molecule has 0 atom stereocenters. The van der Waals surface area contributed by atoms with E-state index in [4.69, 9.17) is 5.73 Å². The largest absolute Gasteiger partial charge is 0.398 e. The van der Waals surface area contributed by atoms with Crippen LogP contribution in [0, 0.1) is 12.3 Å². The van der Waals surface area contributed by atoms with Gasteiger partial charge in [0.15, 0.2) is 0 Å². The zero-order valence-electron chi connectivity index (χ0n) is 9.94. The van der Waals surface area contributed by atoms with Crippen LogP contribution in [0.15, 0.2) is 16.6 Å². The molecule has 1 aliphatic carbocycles. The number of nitrogens with one attached hydrogen (secondary N) is 1. The Balaban J connectivity index is 2.06. The monoisotopic (exact) mass is 282 g/mol. The van der Waals surface area contributed by atoms with E-state index >= 15 is 0 Å². The predicted molar refractivity (Wildman–Crippen MR) is 73.7 cm³/mol. The van der Waals surface area contributed by atoms with Crippen LogP contribution in [0.1, 0.15) is 31.7 Å². The van der Waals surface area contributed by atoms with Gasteiger partial charge in [0.25, 0.3) is 0 Å². The summed E-state index contributed by atoms with van der Waals surface area (Å²) < 4.78 is 1.05. The van der Waals surface area contributed by atoms with Crippen LogP contribution in [-0.2, 0) is 0 Å². The minimum atomic E-state index is 0.495. The highest BCUT2D eigenvalue weighted by Crippen LogP contribution is 2.40. The van der Waals surface area contributed by atoms with Gasteiger partial charge in [0, 0.05) is 22.4 Å². The Labute approximate surface area is 106 Å². The van der Waals surface area contributed by atoms with E-state index < -0.39 is 0 Å². The summed E-state index contributed by atoms with van der Waals surface area (Å²) in [5.41, 5.74) is 9.47. The Hall–Kier alpha value is -0.700. The number of hydrogen-bond acceptors (Lipinski definition) is 2. The van der Waals surface area contributed by atoms with E-state index in [0.717, 1.165) is 28.0 Å². The predicted octanol–water partition coefficient (Wildman–Crippen LogP) is 3.94. The third-order valence-electron chi connectivity index (χ3n) is 3.62. The van der Waals surface area contributed by atoms with Crippen molar-refractivity contribution in [1.29, 1.82) is 0 Å². The fourth-order valence-corrected chi connectivity index (χ4v) is 2.60. The SMILES string of the molecule is Cc1cc(NCC2(C)CCC2)c(Br)cc1N. The van der Waals surface area contributed by atoms with E-state index in [2.05, 4.69) is 34.2 Å². The topological polar surface area (TPSA) is 38.0 Å². The summed E-state index contributed by atoms with van der Waals surface area (Å²) in [7, 11) is 0. The summed E-state index contributed by atoms with van der Waals surface area (Å²) in [6.07, 6.45) is 4.05. The van der Waals surface area contributed by atoms with Gasteiger partial charge in [-0.3, -0.25) is 0 Å². The average molecular weight is 283 g/mol. The smallest absolute Gasteiger partial charge is 0.0489 e. The standard InChI is InChI=1S/C13H19BrN2/c1-9-6-12(10(14)7-11(9)15)16-8-13(2)4-3-5-13/h6-7,16H,3-5,8,15H2,1-2H3. The maximum Gasteiger partial charge on any atom is 0.0489 e. The van der Waals surface area contributed by atoms with E-state index in [-0.39, 0.29) is 0 Å². The van der Waals surface area contributed by atoms with Crippen LogP contribution in [0.25, 0.3) is 0 Å². The Morgan fingerprint density at radius 3 is 2.69 bits per heavy atom. The molecule has 1 fully saturated rings. The van der Waals surface area contributed by atoms with E-state index in [0.29, 0.717) is 5.41 Å². The van der Waals surface area contributed by atoms with Gasteiger partial charge in [0.05, 0.1) is 0 Å². The molecule has 0 aliphatic heterocycles. The average Bonchev–Trinajstić information content (AvgIpc) is 2.19. The first-order valence-corrected chi connectivity index (χ1v) is 6.59. The van der Waals surface area contributed by atoms with Gasteiger partial charge in [0.1, 0.15) is 0 Å². The molecule has 0 radical (unpaired) electrons. The van der Waals surface area contributed by atoms with E-state index in [1.54, 1.807) is 0 Å². The summed E-state index contributed by atoms with van der Waals surface area (Å²) in [6.45, 7) is 5.44. The Bertz CT molecular complexity index is 397. The van der Waals surface area contributed by atoms with E-state index in [1.807, 2.05) is 13.0 Å². The minimum absolute atomic E-state index is 0.495. The molecule has 1 saturated carbocycles. The first-order chi connectivity index (χ1) is 7.50. The highest BCUT2D eigenvalue weighted by Gasteiger charge is 2.31. The Morgan fingerprint density at radius 1 is 1.44 bits per heavy atom. The molecule has 2 nitrogen and oxygen atoms in total. The summed E-state index contributed by atoms with van der Waals surface area (Å²) in [4.78, 5) is 0. The van der Waals surface area contributed by atoms with Crippen molar-refractivity contribution in [3.8, 4) is 0 Å². The van der Waals surface area contributed by atoms with Crippen molar-refractivity contribution in [2.24, 2.45) is 5.41 Å². The minimum Gasteiger partial charge on any atom is -0.398 e. The van der Waals surface area contributed by atoms with E-state index in [9.17, 15) is 0 Å². The number of rotatable bonds is 3.